The first-order valence-electron chi connectivity index (χ1n) is 7.14. The summed E-state index contributed by atoms with van der Waals surface area (Å²) in [7, 11) is 3.13. The van der Waals surface area contributed by atoms with Gasteiger partial charge in [0.05, 0.1) is 24.7 Å². The highest BCUT2D eigenvalue weighted by atomic mass is 16.6. The van der Waals surface area contributed by atoms with E-state index in [9.17, 15) is 10.1 Å². The second kappa shape index (κ2) is 6.41. The van der Waals surface area contributed by atoms with E-state index in [0.29, 0.717) is 17.2 Å². The van der Waals surface area contributed by atoms with E-state index >= 15 is 0 Å². The molecule has 0 bridgehead atoms. The molecule has 1 N–H and O–H groups in total. The van der Waals surface area contributed by atoms with Crippen LogP contribution in [0.1, 0.15) is 0 Å². The topological polar surface area (TPSA) is 86.5 Å². The average Bonchev–Trinajstić information content (AvgIpc) is 2.61. The summed E-state index contributed by atoms with van der Waals surface area (Å²) < 4.78 is 10.6. The Balaban J connectivity index is 2.06. The van der Waals surface area contributed by atoms with Crippen LogP contribution in [0.4, 0.5) is 17.1 Å². The van der Waals surface area contributed by atoms with Gasteiger partial charge in [-0.3, -0.25) is 15.1 Å². The Morgan fingerprint density at radius 2 is 1.83 bits per heavy atom. The molecule has 0 saturated heterocycles. The van der Waals surface area contributed by atoms with E-state index in [1.165, 1.54) is 12.1 Å². The van der Waals surface area contributed by atoms with E-state index < -0.39 is 4.92 Å². The normalized spacial score (nSPS) is 10.4. The second-order valence-corrected chi connectivity index (χ2v) is 5.02. The van der Waals surface area contributed by atoms with Crippen LogP contribution in [0.5, 0.6) is 11.5 Å². The summed E-state index contributed by atoms with van der Waals surface area (Å²) in [6.07, 6.45) is 1.66. The molecule has 0 spiro atoms. The third-order valence-electron chi connectivity index (χ3n) is 3.58. The summed E-state index contributed by atoms with van der Waals surface area (Å²) in [4.78, 5) is 14.8. The van der Waals surface area contributed by atoms with Gasteiger partial charge in [0, 0.05) is 41.2 Å². The highest BCUT2D eigenvalue weighted by molar-refractivity contribution is 5.95. The predicted octanol–water partition coefficient (Wildman–Crippen LogP) is 3.90. The molecule has 0 aliphatic heterocycles. The molecule has 1 aromatic heterocycles. The molecule has 3 aromatic rings. The number of nitro benzene ring substituents is 1. The van der Waals surface area contributed by atoms with Crippen LogP contribution in [0, 0.1) is 10.1 Å². The number of hydrogen-bond acceptors (Lipinski definition) is 6. The van der Waals surface area contributed by atoms with Gasteiger partial charge in [0.2, 0.25) is 0 Å². The van der Waals surface area contributed by atoms with Gasteiger partial charge in [-0.2, -0.15) is 0 Å². The minimum absolute atomic E-state index is 0.0256. The fourth-order valence-electron chi connectivity index (χ4n) is 2.43. The maximum atomic E-state index is 10.9. The molecule has 7 nitrogen and oxygen atoms in total. The number of anilines is 2. The van der Waals surface area contributed by atoms with Crippen molar-refractivity contribution in [3.05, 3.63) is 58.8 Å². The minimum Gasteiger partial charge on any atom is -0.493 e. The molecular weight excluding hydrogens is 310 g/mol. The zero-order chi connectivity index (χ0) is 17.1. The van der Waals surface area contributed by atoms with Crippen molar-refractivity contribution in [3.8, 4) is 11.5 Å². The van der Waals surface area contributed by atoms with Gasteiger partial charge in [-0.05, 0) is 18.2 Å². The van der Waals surface area contributed by atoms with Crippen molar-refractivity contribution in [3.63, 3.8) is 0 Å². The number of fused-ring (bicyclic) bond motifs is 1. The third kappa shape index (κ3) is 2.91. The largest absolute Gasteiger partial charge is 0.493 e. The number of benzene rings is 2. The van der Waals surface area contributed by atoms with Gasteiger partial charge in [-0.1, -0.05) is 6.07 Å². The molecule has 24 heavy (non-hydrogen) atoms. The molecule has 0 aliphatic rings. The van der Waals surface area contributed by atoms with E-state index in [2.05, 4.69) is 10.3 Å². The fourth-order valence-corrected chi connectivity index (χ4v) is 2.43. The Morgan fingerprint density at radius 3 is 2.54 bits per heavy atom. The molecule has 0 radical (unpaired) electrons. The molecule has 0 aliphatic carbocycles. The van der Waals surface area contributed by atoms with Crippen molar-refractivity contribution in [1.29, 1.82) is 0 Å². The Morgan fingerprint density at radius 1 is 1.08 bits per heavy atom. The van der Waals surface area contributed by atoms with Gasteiger partial charge in [-0.25, -0.2) is 0 Å². The number of hydrogen-bond donors (Lipinski definition) is 1. The van der Waals surface area contributed by atoms with E-state index in [1.807, 2.05) is 6.07 Å². The first kappa shape index (κ1) is 15.5. The first-order chi connectivity index (χ1) is 11.6. The number of aromatic nitrogens is 1. The van der Waals surface area contributed by atoms with Gasteiger partial charge in [0.1, 0.15) is 0 Å². The number of nitro groups is 1. The predicted molar refractivity (Wildman–Crippen MR) is 91.2 cm³/mol. The number of ether oxygens (including phenoxy) is 2. The Bertz CT molecular complexity index is 911. The number of nitrogens with one attached hydrogen (secondary N) is 1. The molecule has 122 valence electrons. The summed E-state index contributed by atoms with van der Waals surface area (Å²) in [6, 6.07) is 11.7. The first-order valence-corrected chi connectivity index (χ1v) is 7.14. The van der Waals surface area contributed by atoms with Crippen molar-refractivity contribution < 1.29 is 14.4 Å². The number of pyridine rings is 1. The third-order valence-corrected chi connectivity index (χ3v) is 3.58. The summed E-state index contributed by atoms with van der Waals surface area (Å²) in [5.74, 6) is 1.17. The van der Waals surface area contributed by atoms with Gasteiger partial charge in [-0.15, -0.1) is 0 Å². The molecule has 3 rings (SSSR count). The summed E-state index contributed by atoms with van der Waals surface area (Å²) in [6.45, 7) is 0. The molecule has 0 atom stereocenters. The zero-order valence-electron chi connectivity index (χ0n) is 13.1. The van der Waals surface area contributed by atoms with Crippen LogP contribution in [-0.4, -0.2) is 24.1 Å². The second-order valence-electron chi connectivity index (χ2n) is 5.02. The minimum atomic E-state index is -0.427. The average molecular weight is 325 g/mol. The number of nitrogens with zero attached hydrogens (tertiary/aromatic N) is 2. The smallest absolute Gasteiger partial charge is 0.271 e. The van der Waals surface area contributed by atoms with Gasteiger partial charge in [0.25, 0.3) is 5.69 Å². The zero-order valence-corrected chi connectivity index (χ0v) is 13.1. The fraction of sp³-hybridized carbons (Fsp3) is 0.118. The molecule has 0 amide bonds. The molecule has 0 unspecified atom stereocenters. The molecule has 1 heterocycles. The SMILES string of the molecule is COc1cc2nccc(Nc3cccc([N+](=O)[O-])c3)c2cc1OC. The van der Waals surface area contributed by atoms with Gasteiger partial charge < -0.3 is 14.8 Å². The lowest BCUT2D eigenvalue weighted by atomic mass is 10.1. The maximum absolute atomic E-state index is 10.9. The van der Waals surface area contributed by atoms with Crippen LogP contribution in [0.25, 0.3) is 10.9 Å². The van der Waals surface area contributed by atoms with Gasteiger partial charge >= 0.3 is 0 Å². The van der Waals surface area contributed by atoms with Crippen LogP contribution >= 0.6 is 0 Å². The monoisotopic (exact) mass is 325 g/mol. The summed E-state index contributed by atoms with van der Waals surface area (Å²) in [5.41, 5.74) is 2.13. The van der Waals surface area contributed by atoms with Crippen LogP contribution in [0.3, 0.4) is 0 Å². The van der Waals surface area contributed by atoms with Crippen molar-refractivity contribution in [2.45, 2.75) is 0 Å². The summed E-state index contributed by atoms with van der Waals surface area (Å²) in [5, 5.41) is 14.9. The highest BCUT2D eigenvalue weighted by Crippen LogP contribution is 2.35. The molecular formula is C17H15N3O4. The lowest BCUT2D eigenvalue weighted by Crippen LogP contribution is -1.96. The Hall–Kier alpha value is -3.35. The van der Waals surface area contributed by atoms with Crippen LogP contribution in [0.15, 0.2) is 48.7 Å². The molecule has 0 fully saturated rings. The van der Waals surface area contributed by atoms with E-state index in [1.54, 1.807) is 44.7 Å². The van der Waals surface area contributed by atoms with E-state index in [-0.39, 0.29) is 5.69 Å². The van der Waals surface area contributed by atoms with Crippen molar-refractivity contribution in [1.82, 2.24) is 4.98 Å². The van der Waals surface area contributed by atoms with Crippen LogP contribution < -0.4 is 14.8 Å². The molecule has 7 heteroatoms. The Kier molecular flexibility index (Phi) is 4.15. The number of methoxy groups -OCH3 is 2. The molecule has 2 aromatic carbocycles. The van der Waals surface area contributed by atoms with Crippen LogP contribution in [-0.2, 0) is 0 Å². The quantitative estimate of drug-likeness (QED) is 0.565. The highest BCUT2D eigenvalue weighted by Gasteiger charge is 2.11. The Labute approximate surface area is 138 Å². The van der Waals surface area contributed by atoms with Crippen molar-refractivity contribution >= 4 is 28.0 Å². The van der Waals surface area contributed by atoms with Gasteiger partial charge in [0.15, 0.2) is 11.5 Å². The van der Waals surface area contributed by atoms with Crippen LogP contribution in [0.2, 0.25) is 0 Å². The number of rotatable bonds is 5. The maximum Gasteiger partial charge on any atom is 0.271 e. The van der Waals surface area contributed by atoms with E-state index in [0.717, 1.165) is 16.6 Å². The standard InChI is InChI=1S/C17H15N3O4/c1-23-16-9-13-14(6-7-18-15(13)10-17(16)24-2)19-11-4-3-5-12(8-11)20(21)22/h3-10H,1-2H3,(H,18,19). The van der Waals surface area contributed by atoms with E-state index in [4.69, 9.17) is 9.47 Å². The van der Waals surface area contributed by atoms with Crippen molar-refractivity contribution in [2.75, 3.05) is 19.5 Å². The lowest BCUT2D eigenvalue weighted by molar-refractivity contribution is -0.384. The number of non-ortho nitro benzene ring substituents is 1. The summed E-state index contributed by atoms with van der Waals surface area (Å²) >= 11 is 0. The molecule has 0 saturated carbocycles. The lowest BCUT2D eigenvalue weighted by Gasteiger charge is -2.13. The van der Waals surface area contributed by atoms with Crippen molar-refractivity contribution in [2.24, 2.45) is 0 Å².